The van der Waals surface area contributed by atoms with E-state index in [0.29, 0.717) is 5.02 Å². The van der Waals surface area contributed by atoms with Gasteiger partial charge in [0.2, 0.25) is 0 Å². The molecule has 70 valence electrons. The van der Waals surface area contributed by atoms with Crippen LogP contribution in [0.2, 0.25) is 5.02 Å². The monoisotopic (exact) mass is 227 g/mol. The molecule has 0 spiro atoms. The molecule has 0 aromatic carbocycles. The second-order valence-corrected chi connectivity index (χ2v) is 3.64. The first-order chi connectivity index (χ1) is 5.16. The maximum absolute atomic E-state index is 9.32. The fourth-order valence-electron chi connectivity index (χ4n) is 0.782. The van der Waals surface area contributed by atoms with E-state index >= 15 is 0 Å². The molecule has 1 atom stereocenters. The SMILES string of the molecule is Cc1csc(C(O)CN)c1Cl.Cl. The number of aliphatic hydroxyl groups excluding tert-OH is 1. The van der Waals surface area contributed by atoms with Gasteiger partial charge >= 0.3 is 0 Å². The smallest absolute Gasteiger partial charge is 0.102 e. The van der Waals surface area contributed by atoms with E-state index in [0.717, 1.165) is 10.4 Å². The molecule has 0 radical (unpaired) electrons. The highest BCUT2D eigenvalue weighted by atomic mass is 35.5. The summed E-state index contributed by atoms with van der Waals surface area (Å²) in [5.74, 6) is 0. The van der Waals surface area contributed by atoms with Gasteiger partial charge in [0, 0.05) is 6.54 Å². The molecular weight excluding hydrogens is 217 g/mol. The standard InChI is InChI=1S/C7H10ClNOS.ClH/c1-4-3-11-7(6(4)8)5(10)2-9;/h3,5,10H,2,9H2,1H3;1H. The van der Waals surface area contributed by atoms with Crippen LogP contribution in [0.25, 0.3) is 0 Å². The van der Waals surface area contributed by atoms with Crippen LogP contribution in [0.3, 0.4) is 0 Å². The van der Waals surface area contributed by atoms with Crippen molar-refractivity contribution in [2.75, 3.05) is 6.54 Å². The van der Waals surface area contributed by atoms with Gasteiger partial charge in [0.15, 0.2) is 0 Å². The van der Waals surface area contributed by atoms with Crippen LogP contribution in [-0.4, -0.2) is 11.7 Å². The number of hydrogen-bond donors (Lipinski definition) is 2. The Labute approximate surface area is 86.8 Å². The largest absolute Gasteiger partial charge is 0.386 e. The van der Waals surface area contributed by atoms with Crippen molar-refractivity contribution < 1.29 is 5.11 Å². The summed E-state index contributed by atoms with van der Waals surface area (Å²) < 4.78 is 0. The number of aliphatic hydroxyl groups is 1. The van der Waals surface area contributed by atoms with Gasteiger partial charge in [0.05, 0.1) is 9.90 Å². The first-order valence-corrected chi connectivity index (χ1v) is 4.54. The lowest BCUT2D eigenvalue weighted by Gasteiger charge is -2.04. The van der Waals surface area contributed by atoms with Gasteiger partial charge in [-0.25, -0.2) is 0 Å². The Kier molecular flexibility index (Phi) is 5.13. The summed E-state index contributed by atoms with van der Waals surface area (Å²) in [6.07, 6.45) is -0.610. The third kappa shape index (κ3) is 2.34. The summed E-state index contributed by atoms with van der Waals surface area (Å²) in [5.41, 5.74) is 6.28. The Morgan fingerprint density at radius 2 is 2.33 bits per heavy atom. The summed E-state index contributed by atoms with van der Waals surface area (Å²) in [6, 6.07) is 0. The van der Waals surface area contributed by atoms with Crippen LogP contribution in [0.4, 0.5) is 0 Å². The lowest BCUT2D eigenvalue weighted by Crippen LogP contribution is -2.10. The number of hydrogen-bond acceptors (Lipinski definition) is 3. The highest BCUT2D eigenvalue weighted by Crippen LogP contribution is 2.31. The Hall–Kier alpha value is 0.200. The molecule has 3 N–H and O–H groups in total. The number of halogens is 2. The van der Waals surface area contributed by atoms with Gasteiger partial charge in [0.1, 0.15) is 6.10 Å². The first kappa shape index (κ1) is 12.2. The fourth-order valence-corrected chi connectivity index (χ4v) is 2.10. The molecule has 0 aliphatic rings. The van der Waals surface area contributed by atoms with Crippen LogP contribution in [-0.2, 0) is 0 Å². The summed E-state index contributed by atoms with van der Waals surface area (Å²) >= 11 is 7.32. The van der Waals surface area contributed by atoms with Crippen LogP contribution in [0, 0.1) is 6.92 Å². The van der Waals surface area contributed by atoms with E-state index < -0.39 is 6.10 Å². The normalized spacial score (nSPS) is 12.3. The summed E-state index contributed by atoms with van der Waals surface area (Å²) in [6.45, 7) is 2.13. The van der Waals surface area contributed by atoms with Crippen molar-refractivity contribution in [3.8, 4) is 0 Å². The Bertz CT molecular complexity index is 252. The lowest BCUT2D eigenvalue weighted by molar-refractivity contribution is 0.190. The van der Waals surface area contributed by atoms with Crippen LogP contribution >= 0.6 is 35.3 Å². The average molecular weight is 228 g/mol. The van der Waals surface area contributed by atoms with E-state index in [1.807, 2.05) is 12.3 Å². The summed E-state index contributed by atoms with van der Waals surface area (Å²) in [4.78, 5) is 0.770. The molecule has 2 nitrogen and oxygen atoms in total. The average Bonchev–Trinajstić information content (AvgIpc) is 2.32. The molecule has 5 heteroatoms. The summed E-state index contributed by atoms with van der Waals surface area (Å²) in [7, 11) is 0. The zero-order valence-electron chi connectivity index (χ0n) is 6.58. The van der Waals surface area contributed by atoms with Crippen LogP contribution in [0.15, 0.2) is 5.38 Å². The van der Waals surface area contributed by atoms with Gasteiger partial charge in [-0.15, -0.1) is 23.7 Å². The van der Waals surface area contributed by atoms with Crippen molar-refractivity contribution in [2.24, 2.45) is 5.73 Å². The van der Waals surface area contributed by atoms with Gasteiger partial charge < -0.3 is 10.8 Å². The maximum atomic E-state index is 9.32. The topological polar surface area (TPSA) is 46.2 Å². The number of aryl methyl sites for hydroxylation is 1. The molecule has 1 aromatic rings. The third-order valence-electron chi connectivity index (χ3n) is 1.45. The van der Waals surface area contributed by atoms with Crippen molar-refractivity contribution >= 4 is 35.3 Å². The second-order valence-electron chi connectivity index (χ2n) is 2.35. The van der Waals surface area contributed by atoms with Crippen LogP contribution in [0.5, 0.6) is 0 Å². The van der Waals surface area contributed by atoms with Gasteiger partial charge in [-0.3, -0.25) is 0 Å². The first-order valence-electron chi connectivity index (χ1n) is 3.28. The van der Waals surface area contributed by atoms with Crippen LogP contribution < -0.4 is 5.73 Å². The van der Waals surface area contributed by atoms with E-state index in [1.54, 1.807) is 0 Å². The molecule has 0 saturated carbocycles. The maximum Gasteiger partial charge on any atom is 0.102 e. The van der Waals surface area contributed by atoms with Crippen molar-refractivity contribution in [3.63, 3.8) is 0 Å². The molecular formula is C7H11Cl2NOS. The van der Waals surface area contributed by atoms with Crippen LogP contribution in [0.1, 0.15) is 16.5 Å². The van der Waals surface area contributed by atoms with E-state index in [4.69, 9.17) is 17.3 Å². The van der Waals surface area contributed by atoms with E-state index in [9.17, 15) is 5.11 Å². The molecule has 0 saturated heterocycles. The van der Waals surface area contributed by atoms with Crippen molar-refractivity contribution in [3.05, 3.63) is 20.8 Å². The minimum atomic E-state index is -0.610. The summed E-state index contributed by atoms with van der Waals surface area (Å²) in [5, 5.41) is 11.9. The third-order valence-corrected chi connectivity index (χ3v) is 3.27. The highest BCUT2D eigenvalue weighted by Gasteiger charge is 2.13. The van der Waals surface area contributed by atoms with Gasteiger partial charge in [-0.1, -0.05) is 11.6 Å². The van der Waals surface area contributed by atoms with Crippen molar-refractivity contribution in [1.82, 2.24) is 0 Å². The lowest BCUT2D eigenvalue weighted by atomic mass is 10.2. The molecule has 0 amide bonds. The minimum Gasteiger partial charge on any atom is -0.386 e. The highest BCUT2D eigenvalue weighted by molar-refractivity contribution is 7.10. The second kappa shape index (κ2) is 5.04. The number of rotatable bonds is 2. The molecule has 0 aliphatic heterocycles. The van der Waals surface area contributed by atoms with Gasteiger partial charge in [-0.2, -0.15) is 0 Å². The molecule has 1 rings (SSSR count). The molecule has 12 heavy (non-hydrogen) atoms. The quantitative estimate of drug-likeness (QED) is 0.814. The van der Waals surface area contributed by atoms with Crippen molar-refractivity contribution in [2.45, 2.75) is 13.0 Å². The zero-order valence-corrected chi connectivity index (χ0v) is 8.97. The Morgan fingerprint density at radius 3 is 2.67 bits per heavy atom. The molecule has 0 bridgehead atoms. The van der Waals surface area contributed by atoms with E-state index in [-0.39, 0.29) is 19.0 Å². The molecule has 1 aromatic heterocycles. The zero-order chi connectivity index (χ0) is 8.43. The number of thiophene rings is 1. The number of nitrogens with two attached hydrogens (primary N) is 1. The Morgan fingerprint density at radius 1 is 1.75 bits per heavy atom. The van der Waals surface area contributed by atoms with E-state index in [2.05, 4.69) is 0 Å². The fraction of sp³-hybridized carbons (Fsp3) is 0.429. The van der Waals surface area contributed by atoms with Gasteiger partial charge in [-0.05, 0) is 17.9 Å². The predicted molar refractivity (Wildman–Crippen MR) is 55.3 cm³/mol. The predicted octanol–water partition coefficient (Wildman–Crippen LogP) is 2.12. The van der Waals surface area contributed by atoms with Gasteiger partial charge in [0.25, 0.3) is 0 Å². The molecule has 0 aliphatic carbocycles. The minimum absolute atomic E-state index is 0. The molecule has 0 fully saturated rings. The van der Waals surface area contributed by atoms with E-state index in [1.165, 1.54) is 11.3 Å². The molecule has 1 heterocycles. The van der Waals surface area contributed by atoms with Crippen molar-refractivity contribution in [1.29, 1.82) is 0 Å². The Balaban J connectivity index is 0.00000121. The molecule has 1 unspecified atom stereocenters.